The minimum atomic E-state index is -0.697. The van der Waals surface area contributed by atoms with E-state index in [9.17, 15) is 15.2 Å². The first kappa shape index (κ1) is 13.3. The van der Waals surface area contributed by atoms with Crippen LogP contribution in [0.4, 0.5) is 11.4 Å². The van der Waals surface area contributed by atoms with Crippen molar-refractivity contribution in [2.75, 3.05) is 18.0 Å². The number of hydrogen-bond donors (Lipinski definition) is 1. The zero-order valence-corrected chi connectivity index (χ0v) is 10.7. The molecule has 0 atom stereocenters. The summed E-state index contributed by atoms with van der Waals surface area (Å²) in [5.74, 6) is 0. The molecule has 0 bridgehead atoms. The molecule has 1 aromatic carbocycles. The molecule has 6 heteroatoms. The Bertz CT molecular complexity index is 539. The lowest BCUT2D eigenvalue weighted by molar-refractivity contribution is -0.384. The molecule has 0 amide bonds. The van der Waals surface area contributed by atoms with E-state index in [1.165, 1.54) is 6.07 Å². The summed E-state index contributed by atoms with van der Waals surface area (Å²) in [4.78, 5) is 12.5. The second-order valence-electron chi connectivity index (χ2n) is 5.06. The standard InChI is InChI=1S/C13H15N3O3/c1-13(17)4-6-15(7-5-13)11-3-2-10(9-14)8-12(11)16(18)19/h2-3,8,17H,4-7H2,1H3. The lowest BCUT2D eigenvalue weighted by atomic mass is 9.93. The molecule has 1 aliphatic heterocycles. The summed E-state index contributed by atoms with van der Waals surface area (Å²) in [6, 6.07) is 6.38. The summed E-state index contributed by atoms with van der Waals surface area (Å²) >= 11 is 0. The Morgan fingerprint density at radius 2 is 2.11 bits per heavy atom. The number of rotatable bonds is 2. The zero-order valence-electron chi connectivity index (χ0n) is 10.7. The van der Waals surface area contributed by atoms with Gasteiger partial charge in [0.25, 0.3) is 5.69 Å². The summed E-state index contributed by atoms with van der Waals surface area (Å²) in [6.07, 6.45) is 1.15. The maximum Gasteiger partial charge on any atom is 0.293 e. The predicted octanol–water partition coefficient (Wildman–Crippen LogP) is 1.82. The van der Waals surface area contributed by atoms with Crippen LogP contribution in [0, 0.1) is 21.4 Å². The van der Waals surface area contributed by atoms with Crippen LogP contribution in [0.5, 0.6) is 0 Å². The first-order chi connectivity index (χ1) is 8.93. The molecule has 2 rings (SSSR count). The first-order valence-electron chi connectivity index (χ1n) is 6.09. The van der Waals surface area contributed by atoms with Gasteiger partial charge >= 0.3 is 0 Å². The summed E-state index contributed by atoms with van der Waals surface area (Å²) in [7, 11) is 0. The molecule has 0 aromatic heterocycles. The summed E-state index contributed by atoms with van der Waals surface area (Å²) in [5.41, 5.74) is 0.0391. The van der Waals surface area contributed by atoms with Gasteiger partial charge in [-0.3, -0.25) is 10.1 Å². The highest BCUT2D eigenvalue weighted by Gasteiger charge is 2.30. The molecule has 1 N–H and O–H groups in total. The van der Waals surface area contributed by atoms with Crippen molar-refractivity contribution in [1.29, 1.82) is 5.26 Å². The van der Waals surface area contributed by atoms with Gasteiger partial charge in [0.15, 0.2) is 0 Å². The zero-order chi connectivity index (χ0) is 14.0. The van der Waals surface area contributed by atoms with Gasteiger partial charge in [-0.1, -0.05) is 0 Å². The molecule has 0 radical (unpaired) electrons. The topological polar surface area (TPSA) is 90.4 Å². The van der Waals surface area contributed by atoms with Crippen LogP contribution in [0.2, 0.25) is 0 Å². The molecular weight excluding hydrogens is 246 g/mol. The molecular formula is C13H15N3O3. The second kappa shape index (κ2) is 4.86. The van der Waals surface area contributed by atoms with E-state index in [0.717, 1.165) is 0 Å². The van der Waals surface area contributed by atoms with Crippen molar-refractivity contribution in [1.82, 2.24) is 0 Å². The maximum atomic E-state index is 11.1. The highest BCUT2D eigenvalue weighted by atomic mass is 16.6. The number of nitrogens with zero attached hydrogens (tertiary/aromatic N) is 3. The summed E-state index contributed by atoms with van der Waals surface area (Å²) in [6.45, 7) is 2.91. The Hall–Kier alpha value is -2.13. The Morgan fingerprint density at radius 1 is 1.47 bits per heavy atom. The fraction of sp³-hybridized carbons (Fsp3) is 0.462. The van der Waals surface area contributed by atoms with Crippen LogP contribution in [0.3, 0.4) is 0 Å². The fourth-order valence-corrected chi connectivity index (χ4v) is 2.24. The predicted molar refractivity (Wildman–Crippen MR) is 69.9 cm³/mol. The molecule has 1 heterocycles. The van der Waals surface area contributed by atoms with E-state index >= 15 is 0 Å². The molecule has 100 valence electrons. The van der Waals surface area contributed by atoms with Crippen molar-refractivity contribution in [2.45, 2.75) is 25.4 Å². The van der Waals surface area contributed by atoms with Crippen LogP contribution in [-0.2, 0) is 0 Å². The average Bonchev–Trinajstić information content (AvgIpc) is 2.38. The highest BCUT2D eigenvalue weighted by Crippen LogP contribution is 2.33. The molecule has 6 nitrogen and oxygen atoms in total. The number of aliphatic hydroxyl groups is 1. The lowest BCUT2D eigenvalue weighted by Gasteiger charge is -2.36. The van der Waals surface area contributed by atoms with E-state index in [2.05, 4.69) is 0 Å². The van der Waals surface area contributed by atoms with Gasteiger partial charge in [-0.25, -0.2) is 0 Å². The SMILES string of the molecule is CC1(O)CCN(c2ccc(C#N)cc2[N+](=O)[O-])CC1. The van der Waals surface area contributed by atoms with Crippen molar-refractivity contribution in [3.8, 4) is 6.07 Å². The van der Waals surface area contributed by atoms with Gasteiger partial charge in [-0.2, -0.15) is 5.26 Å². The van der Waals surface area contributed by atoms with Gasteiger partial charge in [0.2, 0.25) is 0 Å². The minimum absolute atomic E-state index is 0.0550. The molecule has 1 saturated heterocycles. The van der Waals surface area contributed by atoms with Crippen molar-refractivity contribution in [2.24, 2.45) is 0 Å². The fourth-order valence-electron chi connectivity index (χ4n) is 2.24. The number of piperidine rings is 1. The number of nitriles is 1. The summed E-state index contributed by atoms with van der Waals surface area (Å²) < 4.78 is 0. The van der Waals surface area contributed by atoms with E-state index < -0.39 is 10.5 Å². The number of nitro groups is 1. The van der Waals surface area contributed by atoms with E-state index in [-0.39, 0.29) is 11.3 Å². The van der Waals surface area contributed by atoms with Gasteiger partial charge in [0.1, 0.15) is 5.69 Å². The van der Waals surface area contributed by atoms with Crippen LogP contribution < -0.4 is 4.90 Å². The average molecular weight is 261 g/mol. The van der Waals surface area contributed by atoms with Gasteiger partial charge in [0.05, 0.1) is 22.2 Å². The number of anilines is 1. The van der Waals surface area contributed by atoms with Crippen molar-refractivity contribution in [3.05, 3.63) is 33.9 Å². The minimum Gasteiger partial charge on any atom is -0.390 e. The lowest BCUT2D eigenvalue weighted by Crippen LogP contribution is -2.42. The van der Waals surface area contributed by atoms with Crippen LogP contribution >= 0.6 is 0 Å². The third kappa shape index (κ3) is 2.83. The molecule has 0 spiro atoms. The Morgan fingerprint density at radius 3 is 2.63 bits per heavy atom. The second-order valence-corrected chi connectivity index (χ2v) is 5.06. The van der Waals surface area contributed by atoms with E-state index in [4.69, 9.17) is 5.26 Å². The molecule has 0 aliphatic carbocycles. The maximum absolute atomic E-state index is 11.1. The van der Waals surface area contributed by atoms with Gasteiger partial charge < -0.3 is 10.0 Å². The van der Waals surface area contributed by atoms with Crippen molar-refractivity contribution < 1.29 is 10.0 Å². The number of nitro benzene ring substituents is 1. The molecule has 0 saturated carbocycles. The molecule has 1 aromatic rings. The Kier molecular flexibility index (Phi) is 3.40. The Balaban J connectivity index is 2.30. The monoisotopic (exact) mass is 261 g/mol. The van der Waals surface area contributed by atoms with Gasteiger partial charge in [-0.15, -0.1) is 0 Å². The molecule has 0 unspecified atom stereocenters. The van der Waals surface area contributed by atoms with E-state index in [1.54, 1.807) is 19.1 Å². The first-order valence-corrected chi connectivity index (χ1v) is 6.09. The molecule has 19 heavy (non-hydrogen) atoms. The van der Waals surface area contributed by atoms with Crippen LogP contribution in [-0.4, -0.2) is 28.7 Å². The summed E-state index contributed by atoms with van der Waals surface area (Å²) in [5, 5.41) is 29.8. The Labute approximate surface area is 111 Å². The smallest absolute Gasteiger partial charge is 0.293 e. The largest absolute Gasteiger partial charge is 0.390 e. The third-order valence-corrected chi connectivity index (χ3v) is 3.48. The van der Waals surface area contributed by atoms with Crippen LogP contribution in [0.25, 0.3) is 0 Å². The molecule has 1 fully saturated rings. The van der Waals surface area contributed by atoms with Gasteiger partial charge in [0, 0.05) is 19.2 Å². The normalized spacial score (nSPS) is 17.8. The third-order valence-electron chi connectivity index (χ3n) is 3.48. The van der Waals surface area contributed by atoms with Crippen molar-refractivity contribution in [3.63, 3.8) is 0 Å². The van der Waals surface area contributed by atoms with E-state index in [1.807, 2.05) is 11.0 Å². The highest BCUT2D eigenvalue weighted by molar-refractivity contribution is 5.65. The number of hydrogen-bond acceptors (Lipinski definition) is 5. The van der Waals surface area contributed by atoms with Gasteiger partial charge in [-0.05, 0) is 31.9 Å². The van der Waals surface area contributed by atoms with Crippen LogP contribution in [0.1, 0.15) is 25.3 Å². The number of benzene rings is 1. The quantitative estimate of drug-likeness (QED) is 0.647. The van der Waals surface area contributed by atoms with Crippen molar-refractivity contribution >= 4 is 11.4 Å². The molecule has 1 aliphatic rings. The van der Waals surface area contributed by atoms with Crippen LogP contribution in [0.15, 0.2) is 18.2 Å². The van der Waals surface area contributed by atoms with E-state index in [0.29, 0.717) is 31.6 Å².